The van der Waals surface area contributed by atoms with Crippen LogP contribution in [0.1, 0.15) is 47.7 Å². The molecule has 3 fully saturated rings. The fourth-order valence-corrected chi connectivity index (χ4v) is 6.24. The van der Waals surface area contributed by atoms with Crippen molar-refractivity contribution < 1.29 is 9.59 Å². The number of carbonyl (C=O) groups is 2. The van der Waals surface area contributed by atoms with Crippen molar-refractivity contribution in [3.05, 3.63) is 52.0 Å². The lowest BCUT2D eigenvalue weighted by molar-refractivity contribution is -0.137. The van der Waals surface area contributed by atoms with Crippen LogP contribution in [0, 0.1) is 18.3 Å². The zero-order valence-corrected chi connectivity index (χ0v) is 18.4. The first-order valence-electron chi connectivity index (χ1n) is 11.1. The van der Waals surface area contributed by atoms with Crippen LogP contribution in [0.25, 0.3) is 0 Å². The quantitative estimate of drug-likeness (QED) is 0.738. The van der Waals surface area contributed by atoms with Crippen molar-refractivity contribution in [3.8, 4) is 0 Å². The molecule has 1 spiro atoms. The summed E-state index contributed by atoms with van der Waals surface area (Å²) in [6.45, 7) is 4.88. The molecule has 5 rings (SSSR count). The highest BCUT2D eigenvalue weighted by Crippen LogP contribution is 2.50. The minimum Gasteiger partial charge on any atom is -0.342 e. The summed E-state index contributed by atoms with van der Waals surface area (Å²) in [5.74, 6) is 1.05. The number of benzene rings is 1. The maximum atomic E-state index is 13.7. The first-order chi connectivity index (χ1) is 14.6. The Labute approximate surface area is 182 Å². The average Bonchev–Trinajstić information content (AvgIpc) is 3.42. The highest BCUT2D eigenvalue weighted by molar-refractivity contribution is 7.09. The van der Waals surface area contributed by atoms with Crippen molar-refractivity contribution in [2.45, 2.75) is 44.9 Å². The average molecular weight is 424 g/mol. The molecule has 3 aliphatic rings. The van der Waals surface area contributed by atoms with E-state index >= 15 is 0 Å². The Kier molecular flexibility index (Phi) is 5.13. The lowest BCUT2D eigenvalue weighted by atomic mass is 9.76. The van der Waals surface area contributed by atoms with E-state index in [2.05, 4.69) is 9.88 Å². The van der Waals surface area contributed by atoms with E-state index < -0.39 is 5.41 Å². The normalized spacial score (nSPS) is 26.6. The summed E-state index contributed by atoms with van der Waals surface area (Å²) < 4.78 is 0. The van der Waals surface area contributed by atoms with Gasteiger partial charge in [0.05, 0.1) is 16.8 Å². The van der Waals surface area contributed by atoms with E-state index in [9.17, 15) is 9.59 Å². The van der Waals surface area contributed by atoms with Gasteiger partial charge in [0.25, 0.3) is 0 Å². The lowest BCUT2D eigenvalue weighted by Crippen LogP contribution is -2.42. The highest BCUT2D eigenvalue weighted by atomic mass is 32.1. The maximum Gasteiger partial charge on any atom is 0.231 e. The van der Waals surface area contributed by atoms with Gasteiger partial charge in [-0.25, -0.2) is 4.98 Å². The molecule has 30 heavy (non-hydrogen) atoms. The number of hydrogen-bond donors (Lipinski definition) is 0. The van der Waals surface area contributed by atoms with Crippen molar-refractivity contribution in [1.29, 1.82) is 0 Å². The van der Waals surface area contributed by atoms with Crippen LogP contribution in [0.3, 0.4) is 0 Å². The van der Waals surface area contributed by atoms with E-state index in [4.69, 9.17) is 0 Å². The number of carbonyl (C=O) groups excluding carboxylic acids is 2. The standard InChI is InChI=1S/C24H29N3O2S/c1-17-5-2-3-8-19(17)13-21(28)27-15-20(22-25-10-12-30-22)24(16-27)9-11-26(23(24)29)14-18-6-4-7-18/h2-3,5,8,10,12,18,20H,4,6-7,9,11,13-16H2,1H3/t20-,24+/m0/s1. The fourth-order valence-electron chi connectivity index (χ4n) is 5.39. The largest absolute Gasteiger partial charge is 0.342 e. The van der Waals surface area contributed by atoms with Gasteiger partial charge in [-0.3, -0.25) is 9.59 Å². The third-order valence-corrected chi connectivity index (χ3v) is 8.38. The molecule has 1 aromatic heterocycles. The summed E-state index contributed by atoms with van der Waals surface area (Å²) in [6, 6.07) is 8.06. The van der Waals surface area contributed by atoms with Gasteiger partial charge in [-0.05, 0) is 43.2 Å². The fraction of sp³-hybridized carbons (Fsp3) is 0.542. The van der Waals surface area contributed by atoms with Gasteiger partial charge in [0, 0.05) is 43.7 Å². The third kappa shape index (κ3) is 3.35. The molecule has 2 amide bonds. The van der Waals surface area contributed by atoms with Gasteiger partial charge >= 0.3 is 0 Å². The van der Waals surface area contributed by atoms with E-state index in [1.165, 1.54) is 19.3 Å². The van der Waals surface area contributed by atoms with Gasteiger partial charge in [-0.15, -0.1) is 11.3 Å². The monoisotopic (exact) mass is 423 g/mol. The summed E-state index contributed by atoms with van der Waals surface area (Å²) in [4.78, 5) is 35.5. The number of rotatable bonds is 5. The van der Waals surface area contributed by atoms with Crippen LogP contribution in [-0.2, 0) is 16.0 Å². The SMILES string of the molecule is Cc1ccccc1CC(=O)N1C[C@@H](c2nccs2)[C@@]2(CCN(CC3CCC3)C2=O)C1. The Bertz CT molecular complexity index is 940. The Hall–Kier alpha value is -2.21. The van der Waals surface area contributed by atoms with Crippen LogP contribution in [-0.4, -0.2) is 52.8 Å². The number of thiazole rings is 1. The summed E-state index contributed by atoms with van der Waals surface area (Å²) >= 11 is 1.61. The predicted octanol–water partition coefficient (Wildman–Crippen LogP) is 3.64. The molecule has 0 bridgehead atoms. The molecule has 2 aliphatic heterocycles. The summed E-state index contributed by atoms with van der Waals surface area (Å²) in [5, 5.41) is 2.98. The van der Waals surface area contributed by atoms with Crippen LogP contribution in [0.5, 0.6) is 0 Å². The molecule has 1 saturated carbocycles. The second-order valence-corrected chi connectivity index (χ2v) is 10.2. The second-order valence-electron chi connectivity index (χ2n) is 9.25. The van der Waals surface area contributed by atoms with E-state index in [1.807, 2.05) is 47.7 Å². The summed E-state index contributed by atoms with van der Waals surface area (Å²) in [7, 11) is 0. The zero-order chi connectivity index (χ0) is 20.7. The van der Waals surface area contributed by atoms with Crippen LogP contribution in [0.2, 0.25) is 0 Å². The van der Waals surface area contributed by atoms with E-state index in [-0.39, 0.29) is 17.7 Å². The number of nitrogens with zero attached hydrogens (tertiary/aromatic N) is 3. The lowest BCUT2D eigenvalue weighted by Gasteiger charge is -2.32. The van der Waals surface area contributed by atoms with Crippen LogP contribution < -0.4 is 0 Å². The Balaban J connectivity index is 1.38. The molecule has 158 valence electrons. The van der Waals surface area contributed by atoms with Crippen molar-refractivity contribution in [2.24, 2.45) is 11.3 Å². The first-order valence-corrected chi connectivity index (χ1v) is 12.0. The Morgan fingerprint density at radius 1 is 1.30 bits per heavy atom. The number of likely N-dealkylation sites (tertiary alicyclic amines) is 2. The van der Waals surface area contributed by atoms with Crippen molar-refractivity contribution in [3.63, 3.8) is 0 Å². The summed E-state index contributed by atoms with van der Waals surface area (Å²) in [5.41, 5.74) is 1.71. The van der Waals surface area contributed by atoms with Crippen molar-refractivity contribution in [1.82, 2.24) is 14.8 Å². The minimum atomic E-state index is -0.497. The Morgan fingerprint density at radius 2 is 2.13 bits per heavy atom. The summed E-state index contributed by atoms with van der Waals surface area (Å²) in [6.07, 6.45) is 6.82. The van der Waals surface area contributed by atoms with Crippen LogP contribution >= 0.6 is 11.3 Å². The molecule has 6 heteroatoms. The molecule has 0 unspecified atom stereocenters. The van der Waals surface area contributed by atoms with Gasteiger partial charge in [0.2, 0.25) is 11.8 Å². The maximum absolute atomic E-state index is 13.7. The predicted molar refractivity (Wildman–Crippen MR) is 117 cm³/mol. The smallest absolute Gasteiger partial charge is 0.231 e. The third-order valence-electron chi connectivity index (χ3n) is 7.49. The van der Waals surface area contributed by atoms with Crippen LogP contribution in [0.4, 0.5) is 0 Å². The molecule has 0 radical (unpaired) electrons. The number of aryl methyl sites for hydroxylation is 1. The number of amides is 2. The number of hydrogen-bond acceptors (Lipinski definition) is 4. The van der Waals surface area contributed by atoms with E-state index in [1.54, 1.807) is 11.3 Å². The van der Waals surface area contributed by atoms with Gasteiger partial charge in [0.1, 0.15) is 0 Å². The molecule has 2 atom stereocenters. The van der Waals surface area contributed by atoms with Gasteiger partial charge in [-0.2, -0.15) is 0 Å². The molecule has 2 saturated heterocycles. The second kappa shape index (κ2) is 7.80. The molecule has 5 nitrogen and oxygen atoms in total. The Morgan fingerprint density at radius 3 is 2.83 bits per heavy atom. The molecular weight excluding hydrogens is 394 g/mol. The molecule has 3 heterocycles. The van der Waals surface area contributed by atoms with Gasteiger partial charge in [0.15, 0.2) is 0 Å². The first kappa shape index (κ1) is 19.7. The van der Waals surface area contributed by atoms with Gasteiger partial charge in [-0.1, -0.05) is 30.7 Å². The van der Waals surface area contributed by atoms with E-state index in [0.717, 1.165) is 35.6 Å². The van der Waals surface area contributed by atoms with Crippen molar-refractivity contribution in [2.75, 3.05) is 26.2 Å². The topological polar surface area (TPSA) is 53.5 Å². The van der Waals surface area contributed by atoms with Gasteiger partial charge < -0.3 is 9.80 Å². The molecule has 0 N–H and O–H groups in total. The highest BCUT2D eigenvalue weighted by Gasteiger charge is 2.58. The molecular formula is C24H29N3O2S. The molecule has 2 aromatic rings. The number of aromatic nitrogens is 1. The van der Waals surface area contributed by atoms with E-state index in [0.29, 0.717) is 25.4 Å². The molecule has 1 aromatic carbocycles. The van der Waals surface area contributed by atoms with Crippen molar-refractivity contribution >= 4 is 23.2 Å². The molecule has 1 aliphatic carbocycles. The van der Waals surface area contributed by atoms with Crippen LogP contribution in [0.15, 0.2) is 35.8 Å². The zero-order valence-electron chi connectivity index (χ0n) is 17.5. The minimum absolute atomic E-state index is 0.0113.